The summed E-state index contributed by atoms with van der Waals surface area (Å²) in [6.07, 6.45) is -1.73. The molecule has 0 aliphatic heterocycles. The average molecular weight is 344 g/mol. The van der Waals surface area contributed by atoms with Crippen molar-refractivity contribution in [3.8, 4) is 0 Å². The molecule has 1 aromatic heterocycles. The zero-order chi connectivity index (χ0) is 18.7. The van der Waals surface area contributed by atoms with Crippen LogP contribution in [0.3, 0.4) is 0 Å². The number of aromatic amines is 1. The molecule has 134 valence electrons. The third kappa shape index (κ3) is 3.91. The van der Waals surface area contributed by atoms with E-state index in [1.165, 1.54) is 4.90 Å². The lowest BCUT2D eigenvalue weighted by molar-refractivity contribution is -0.138. The smallest absolute Gasteiger partial charge is 0.356 e. The molecule has 0 saturated heterocycles. The molecule has 2 atom stereocenters. The normalized spacial score (nSPS) is 13.2. The highest BCUT2D eigenvalue weighted by Crippen LogP contribution is 2.27. The molecule has 0 fully saturated rings. The van der Waals surface area contributed by atoms with Crippen LogP contribution in [0.5, 0.6) is 0 Å². The number of nitrogens with one attached hydrogen (secondary N) is 1. The van der Waals surface area contributed by atoms with E-state index in [0.29, 0.717) is 22.4 Å². The van der Waals surface area contributed by atoms with Gasteiger partial charge in [-0.3, -0.25) is 4.79 Å². The second kappa shape index (κ2) is 7.53. The highest BCUT2D eigenvalue weighted by atomic mass is 16.5. The number of likely N-dealkylation sites (N-methyl/N-ethyl adjacent to an activating group) is 1. The average Bonchev–Trinajstić information content (AvgIpc) is 2.87. The predicted molar refractivity (Wildman–Crippen MR) is 94.2 cm³/mol. The number of benzene rings is 1. The fourth-order valence-corrected chi connectivity index (χ4v) is 2.88. The van der Waals surface area contributed by atoms with Crippen LogP contribution in [0, 0.1) is 13.8 Å². The van der Waals surface area contributed by atoms with Gasteiger partial charge < -0.3 is 19.7 Å². The molecule has 0 bridgehead atoms. The van der Waals surface area contributed by atoms with Gasteiger partial charge in [-0.15, -0.1) is 0 Å². The number of aliphatic hydroxyl groups excluding tert-OH is 1. The highest BCUT2D eigenvalue weighted by molar-refractivity contribution is 5.93. The topological polar surface area (TPSA) is 82.6 Å². The van der Waals surface area contributed by atoms with Gasteiger partial charge in [-0.05, 0) is 26.3 Å². The van der Waals surface area contributed by atoms with Crippen molar-refractivity contribution in [2.45, 2.75) is 33.0 Å². The third-order valence-corrected chi connectivity index (χ3v) is 4.11. The van der Waals surface area contributed by atoms with Crippen LogP contribution >= 0.6 is 0 Å². The number of esters is 1. The van der Waals surface area contributed by atoms with E-state index in [-0.39, 0.29) is 11.6 Å². The quantitative estimate of drug-likeness (QED) is 0.817. The van der Waals surface area contributed by atoms with E-state index in [9.17, 15) is 14.7 Å². The molecule has 0 aliphatic rings. The molecule has 6 heteroatoms. The van der Waals surface area contributed by atoms with Crippen molar-refractivity contribution in [1.29, 1.82) is 0 Å². The van der Waals surface area contributed by atoms with Crippen LogP contribution in [-0.2, 0) is 9.53 Å². The Morgan fingerprint density at radius 3 is 2.24 bits per heavy atom. The molecule has 1 amide bonds. The Balaban J connectivity index is 2.35. The Morgan fingerprint density at radius 1 is 1.16 bits per heavy atom. The van der Waals surface area contributed by atoms with E-state index in [1.54, 1.807) is 59.1 Å². The van der Waals surface area contributed by atoms with Gasteiger partial charge in [0, 0.05) is 30.9 Å². The van der Waals surface area contributed by atoms with Crippen LogP contribution in [0.1, 0.15) is 52.0 Å². The van der Waals surface area contributed by atoms with Crippen molar-refractivity contribution in [2.24, 2.45) is 0 Å². The Labute approximate surface area is 147 Å². The first-order valence-electron chi connectivity index (χ1n) is 8.08. The van der Waals surface area contributed by atoms with Gasteiger partial charge in [0.05, 0.1) is 6.10 Å². The zero-order valence-electron chi connectivity index (χ0n) is 15.2. The first-order chi connectivity index (χ1) is 11.7. The first-order valence-corrected chi connectivity index (χ1v) is 8.08. The first kappa shape index (κ1) is 18.7. The van der Waals surface area contributed by atoms with Gasteiger partial charge in [0.1, 0.15) is 5.69 Å². The van der Waals surface area contributed by atoms with Gasteiger partial charge >= 0.3 is 5.97 Å². The van der Waals surface area contributed by atoms with Crippen molar-refractivity contribution in [1.82, 2.24) is 9.88 Å². The van der Waals surface area contributed by atoms with Crippen molar-refractivity contribution < 1.29 is 19.4 Å². The monoisotopic (exact) mass is 344 g/mol. The lowest BCUT2D eigenvalue weighted by atomic mass is 10.1. The number of rotatable bonds is 5. The Morgan fingerprint density at radius 2 is 1.76 bits per heavy atom. The highest BCUT2D eigenvalue weighted by Gasteiger charge is 2.29. The minimum atomic E-state index is -1.03. The van der Waals surface area contributed by atoms with Gasteiger partial charge in [0.15, 0.2) is 0 Å². The van der Waals surface area contributed by atoms with Crippen LogP contribution in [0.15, 0.2) is 30.3 Å². The van der Waals surface area contributed by atoms with Crippen LogP contribution in [-0.4, -0.2) is 41.0 Å². The van der Waals surface area contributed by atoms with Gasteiger partial charge in [-0.2, -0.15) is 0 Å². The number of aryl methyl sites for hydroxylation is 1. The Bertz CT molecular complexity index is 763. The Hall–Kier alpha value is -2.60. The molecule has 0 radical (unpaired) electrons. The number of carbonyl (C=O) groups is 2. The SMILES string of the molecule is Cc1[nH]c(C(=O)O[C@H](C(=O)N(C)C)c2ccccc2)c(C)c1[C@H](C)O. The molecule has 0 unspecified atom stereocenters. The lowest BCUT2D eigenvalue weighted by Gasteiger charge is -2.21. The number of carbonyl (C=O) groups excluding carboxylic acids is 2. The summed E-state index contributed by atoms with van der Waals surface area (Å²) in [7, 11) is 3.23. The van der Waals surface area contributed by atoms with Crippen molar-refractivity contribution >= 4 is 11.9 Å². The summed E-state index contributed by atoms with van der Waals surface area (Å²) < 4.78 is 5.53. The van der Waals surface area contributed by atoms with Crippen molar-refractivity contribution in [2.75, 3.05) is 14.1 Å². The summed E-state index contributed by atoms with van der Waals surface area (Å²) in [5, 5.41) is 9.87. The lowest BCUT2D eigenvalue weighted by Crippen LogP contribution is -2.31. The van der Waals surface area contributed by atoms with E-state index >= 15 is 0 Å². The standard InChI is InChI=1S/C19H24N2O4/c1-11-15(13(3)22)12(2)20-16(11)19(24)25-17(18(23)21(4)5)14-9-7-6-8-10-14/h6-10,13,17,20,22H,1-5H3/t13-,17-/m0/s1. The third-order valence-electron chi connectivity index (χ3n) is 4.11. The summed E-state index contributed by atoms with van der Waals surface area (Å²) in [5.74, 6) is -0.951. The Kier molecular flexibility index (Phi) is 5.64. The van der Waals surface area contributed by atoms with E-state index in [1.807, 2.05) is 6.07 Å². The fraction of sp³-hybridized carbons (Fsp3) is 0.368. The number of nitrogens with zero attached hydrogens (tertiary/aromatic N) is 1. The van der Waals surface area contributed by atoms with E-state index in [0.717, 1.165) is 0 Å². The maximum absolute atomic E-state index is 12.7. The molecule has 2 N–H and O–H groups in total. The molecule has 1 heterocycles. The summed E-state index contributed by atoms with van der Waals surface area (Å²) in [6, 6.07) is 8.89. The van der Waals surface area contributed by atoms with E-state index in [4.69, 9.17) is 4.74 Å². The molecular formula is C19H24N2O4. The number of aromatic nitrogens is 1. The second-order valence-electron chi connectivity index (χ2n) is 6.27. The van der Waals surface area contributed by atoms with Crippen LogP contribution in [0.25, 0.3) is 0 Å². The molecule has 6 nitrogen and oxygen atoms in total. The summed E-state index contributed by atoms with van der Waals surface area (Å²) in [4.78, 5) is 29.5. The number of hydrogen-bond donors (Lipinski definition) is 2. The molecule has 0 aliphatic carbocycles. The fourth-order valence-electron chi connectivity index (χ4n) is 2.88. The van der Waals surface area contributed by atoms with Gasteiger partial charge in [-0.25, -0.2) is 4.79 Å². The van der Waals surface area contributed by atoms with Gasteiger partial charge in [-0.1, -0.05) is 30.3 Å². The molecule has 1 aromatic carbocycles. The van der Waals surface area contributed by atoms with Crippen LogP contribution in [0.4, 0.5) is 0 Å². The van der Waals surface area contributed by atoms with Gasteiger partial charge in [0.2, 0.25) is 6.10 Å². The summed E-state index contributed by atoms with van der Waals surface area (Å²) >= 11 is 0. The largest absolute Gasteiger partial charge is 0.443 e. The molecule has 2 rings (SSSR count). The number of amides is 1. The number of hydrogen-bond acceptors (Lipinski definition) is 4. The van der Waals surface area contributed by atoms with Crippen LogP contribution in [0.2, 0.25) is 0 Å². The molecule has 2 aromatic rings. The summed E-state index contributed by atoms with van der Waals surface area (Å²) in [6.45, 7) is 5.17. The van der Waals surface area contributed by atoms with E-state index in [2.05, 4.69) is 4.98 Å². The van der Waals surface area contributed by atoms with Gasteiger partial charge in [0.25, 0.3) is 5.91 Å². The minimum Gasteiger partial charge on any atom is -0.443 e. The molecule has 25 heavy (non-hydrogen) atoms. The minimum absolute atomic E-state index is 0.251. The molecule has 0 spiro atoms. The number of H-pyrrole nitrogens is 1. The van der Waals surface area contributed by atoms with E-state index < -0.39 is 18.2 Å². The summed E-state index contributed by atoms with van der Waals surface area (Å²) in [5.41, 5.74) is 2.85. The zero-order valence-corrected chi connectivity index (χ0v) is 15.2. The van der Waals surface area contributed by atoms with Crippen molar-refractivity contribution in [3.63, 3.8) is 0 Å². The molecular weight excluding hydrogens is 320 g/mol. The second-order valence-corrected chi connectivity index (χ2v) is 6.27. The van der Waals surface area contributed by atoms with Crippen molar-refractivity contribution in [3.05, 3.63) is 58.4 Å². The number of aliphatic hydroxyl groups is 1. The number of ether oxygens (including phenoxy) is 1. The predicted octanol–water partition coefficient (Wildman–Crippen LogP) is 2.67. The maximum Gasteiger partial charge on any atom is 0.356 e. The van der Waals surface area contributed by atoms with Crippen LogP contribution < -0.4 is 0 Å². The molecule has 0 saturated carbocycles. The maximum atomic E-state index is 12.7.